The lowest BCUT2D eigenvalue weighted by Crippen LogP contribution is -2.46. The van der Waals surface area contributed by atoms with Gasteiger partial charge < -0.3 is 19.5 Å². The summed E-state index contributed by atoms with van der Waals surface area (Å²) in [5.74, 6) is -0.487. The van der Waals surface area contributed by atoms with Crippen LogP contribution in [0.2, 0.25) is 5.02 Å². The molecular weight excluding hydrogens is 388 g/mol. The molecule has 8 nitrogen and oxygen atoms in total. The predicted octanol–water partition coefficient (Wildman–Crippen LogP) is 2.68. The average molecular weight is 411 g/mol. The summed E-state index contributed by atoms with van der Waals surface area (Å²) in [6, 6.07) is 2.55. The number of nitrogens with one attached hydrogen (secondary N) is 2. The number of urea groups is 1. The third-order valence-electron chi connectivity index (χ3n) is 3.56. The fourth-order valence-corrected chi connectivity index (χ4v) is 2.56. The van der Waals surface area contributed by atoms with Crippen LogP contribution < -0.4 is 20.1 Å². The van der Waals surface area contributed by atoms with Crippen molar-refractivity contribution >= 4 is 35.6 Å². The highest BCUT2D eigenvalue weighted by molar-refractivity contribution is 6.32. The molecule has 1 heterocycles. The van der Waals surface area contributed by atoms with Crippen LogP contribution in [0.4, 0.5) is 4.79 Å². The van der Waals surface area contributed by atoms with Gasteiger partial charge in [0.2, 0.25) is 0 Å². The van der Waals surface area contributed by atoms with Crippen molar-refractivity contribution < 1.29 is 28.6 Å². The Morgan fingerprint density at radius 3 is 2.61 bits per heavy atom. The van der Waals surface area contributed by atoms with Crippen molar-refractivity contribution in [2.45, 2.75) is 39.3 Å². The number of rotatable bonds is 5. The number of halogens is 1. The predicted molar refractivity (Wildman–Crippen MR) is 103 cm³/mol. The lowest BCUT2D eigenvalue weighted by atomic mass is 10.2. The first-order chi connectivity index (χ1) is 13.3. The van der Waals surface area contributed by atoms with Gasteiger partial charge in [-0.3, -0.25) is 10.1 Å². The van der Waals surface area contributed by atoms with Gasteiger partial charge in [0.1, 0.15) is 0 Å². The van der Waals surface area contributed by atoms with Crippen LogP contribution in [0, 0.1) is 0 Å². The molecule has 1 aromatic carbocycles. The van der Waals surface area contributed by atoms with E-state index in [1.165, 1.54) is 13.0 Å². The van der Waals surface area contributed by atoms with Crippen LogP contribution in [0.25, 0.3) is 6.08 Å². The Balaban J connectivity index is 1.94. The van der Waals surface area contributed by atoms with E-state index in [0.717, 1.165) is 12.5 Å². The van der Waals surface area contributed by atoms with Gasteiger partial charge in [-0.05, 0) is 44.5 Å². The summed E-state index contributed by atoms with van der Waals surface area (Å²) < 4.78 is 16.1. The minimum Gasteiger partial charge on any atom is -0.489 e. The molecule has 1 aromatic rings. The van der Waals surface area contributed by atoms with Gasteiger partial charge in [0, 0.05) is 18.5 Å². The molecule has 0 bridgehead atoms. The number of ether oxygens (including phenoxy) is 3. The highest BCUT2D eigenvalue weighted by Gasteiger charge is 2.19. The summed E-state index contributed by atoms with van der Waals surface area (Å²) in [4.78, 5) is 35.3. The quantitative estimate of drug-likeness (QED) is 0.571. The first kappa shape index (κ1) is 21.6. The van der Waals surface area contributed by atoms with Crippen molar-refractivity contribution in [2.24, 2.45) is 0 Å². The second kappa shape index (κ2) is 9.98. The maximum Gasteiger partial charge on any atom is 0.331 e. The summed E-state index contributed by atoms with van der Waals surface area (Å²) in [7, 11) is 0. The molecule has 3 amide bonds. The van der Waals surface area contributed by atoms with Gasteiger partial charge in [-0.15, -0.1) is 0 Å². The molecule has 0 saturated carbocycles. The molecule has 0 aliphatic carbocycles. The Hall–Kier alpha value is -2.74. The van der Waals surface area contributed by atoms with Crippen LogP contribution in [0.15, 0.2) is 18.2 Å². The number of hydrogen-bond acceptors (Lipinski definition) is 6. The molecule has 9 heteroatoms. The summed E-state index contributed by atoms with van der Waals surface area (Å²) in [6.07, 6.45) is 2.26. The number of esters is 1. The van der Waals surface area contributed by atoms with Gasteiger partial charge >= 0.3 is 12.0 Å². The molecule has 0 aromatic heterocycles. The Kier molecular flexibility index (Phi) is 7.69. The molecule has 1 atom stereocenters. The zero-order chi connectivity index (χ0) is 20.7. The smallest absolute Gasteiger partial charge is 0.331 e. The van der Waals surface area contributed by atoms with Crippen molar-refractivity contribution in [3.8, 4) is 11.5 Å². The zero-order valence-corrected chi connectivity index (χ0v) is 16.7. The van der Waals surface area contributed by atoms with E-state index in [0.29, 0.717) is 35.3 Å². The zero-order valence-electron chi connectivity index (χ0n) is 15.9. The SMILES string of the molecule is CC(C)NC(=O)NC(=O)[C@@H](C)OC(=O)/C=C/c1cc(Cl)c2c(c1)OCCCO2. The standard InChI is InChI=1S/C19H23ClN2O6/c1-11(2)21-19(25)22-18(24)12(3)28-16(23)6-5-13-9-14(20)17-15(10-13)26-7-4-8-27-17/h5-6,9-12H,4,7-8H2,1-3H3,(H2,21,22,24,25)/b6-5+/t12-/m1/s1. The molecule has 0 saturated heterocycles. The summed E-state index contributed by atoms with van der Waals surface area (Å²) in [5, 5.41) is 4.97. The normalized spacial score (nSPS) is 14.3. The van der Waals surface area contributed by atoms with Crippen molar-refractivity contribution in [1.82, 2.24) is 10.6 Å². The van der Waals surface area contributed by atoms with E-state index in [9.17, 15) is 14.4 Å². The van der Waals surface area contributed by atoms with Crippen molar-refractivity contribution in [1.29, 1.82) is 0 Å². The van der Waals surface area contributed by atoms with Gasteiger partial charge in [-0.1, -0.05) is 11.6 Å². The highest BCUT2D eigenvalue weighted by atomic mass is 35.5. The van der Waals surface area contributed by atoms with E-state index >= 15 is 0 Å². The summed E-state index contributed by atoms with van der Waals surface area (Å²) >= 11 is 6.20. The Morgan fingerprint density at radius 1 is 1.18 bits per heavy atom. The fourth-order valence-electron chi connectivity index (χ4n) is 2.29. The van der Waals surface area contributed by atoms with Crippen LogP contribution in [0.3, 0.4) is 0 Å². The number of imide groups is 1. The molecule has 2 N–H and O–H groups in total. The van der Waals surface area contributed by atoms with E-state index in [1.54, 1.807) is 26.0 Å². The van der Waals surface area contributed by atoms with Gasteiger partial charge in [-0.25, -0.2) is 9.59 Å². The first-order valence-corrected chi connectivity index (χ1v) is 9.23. The molecule has 1 aliphatic rings. The van der Waals surface area contributed by atoms with Crippen LogP contribution in [0.5, 0.6) is 11.5 Å². The van der Waals surface area contributed by atoms with E-state index in [4.69, 9.17) is 25.8 Å². The molecule has 0 spiro atoms. The number of hydrogen-bond donors (Lipinski definition) is 2. The molecule has 0 fully saturated rings. The number of fused-ring (bicyclic) bond motifs is 1. The van der Waals surface area contributed by atoms with Crippen molar-refractivity contribution in [3.63, 3.8) is 0 Å². The van der Waals surface area contributed by atoms with E-state index in [2.05, 4.69) is 10.6 Å². The third-order valence-corrected chi connectivity index (χ3v) is 3.84. The van der Waals surface area contributed by atoms with Gasteiger partial charge in [0.15, 0.2) is 17.6 Å². The van der Waals surface area contributed by atoms with Crippen molar-refractivity contribution in [3.05, 3.63) is 28.8 Å². The lowest BCUT2D eigenvalue weighted by Gasteiger charge is -2.13. The first-order valence-electron chi connectivity index (χ1n) is 8.85. The number of carbonyl (C=O) groups is 3. The number of carbonyl (C=O) groups excluding carboxylic acids is 3. The lowest BCUT2D eigenvalue weighted by molar-refractivity contribution is -0.149. The minimum atomic E-state index is -1.14. The van der Waals surface area contributed by atoms with Gasteiger partial charge in [0.25, 0.3) is 5.91 Å². The fraction of sp³-hybridized carbons (Fsp3) is 0.421. The topological polar surface area (TPSA) is 103 Å². The largest absolute Gasteiger partial charge is 0.489 e. The summed E-state index contributed by atoms with van der Waals surface area (Å²) in [5.41, 5.74) is 0.611. The van der Waals surface area contributed by atoms with Gasteiger partial charge in [-0.2, -0.15) is 0 Å². The third kappa shape index (κ3) is 6.45. The maximum absolute atomic E-state index is 11.9. The molecule has 152 valence electrons. The Morgan fingerprint density at radius 2 is 1.89 bits per heavy atom. The average Bonchev–Trinajstić information content (AvgIpc) is 2.85. The van der Waals surface area contributed by atoms with E-state index in [-0.39, 0.29) is 6.04 Å². The molecule has 1 aliphatic heterocycles. The van der Waals surface area contributed by atoms with Crippen molar-refractivity contribution in [2.75, 3.05) is 13.2 Å². The van der Waals surface area contributed by atoms with E-state index in [1.807, 2.05) is 0 Å². The molecule has 2 rings (SSSR count). The van der Waals surface area contributed by atoms with Crippen LogP contribution in [-0.4, -0.2) is 43.3 Å². The van der Waals surface area contributed by atoms with Gasteiger partial charge in [0.05, 0.1) is 18.2 Å². The van der Waals surface area contributed by atoms with E-state index < -0.39 is 24.0 Å². The number of benzene rings is 1. The number of amides is 3. The Bertz CT molecular complexity index is 778. The molecule has 28 heavy (non-hydrogen) atoms. The second-order valence-corrected chi connectivity index (χ2v) is 6.82. The monoisotopic (exact) mass is 410 g/mol. The molecular formula is C19H23ClN2O6. The van der Waals surface area contributed by atoms with Crippen LogP contribution >= 0.6 is 11.6 Å². The minimum absolute atomic E-state index is 0.129. The maximum atomic E-state index is 11.9. The Labute approximate surface area is 168 Å². The van der Waals surface area contributed by atoms with Crippen LogP contribution in [0.1, 0.15) is 32.8 Å². The molecule has 0 radical (unpaired) electrons. The highest BCUT2D eigenvalue weighted by Crippen LogP contribution is 2.38. The second-order valence-electron chi connectivity index (χ2n) is 6.41. The molecule has 0 unspecified atom stereocenters. The van der Waals surface area contributed by atoms with Crippen LogP contribution in [-0.2, 0) is 14.3 Å². The summed E-state index contributed by atoms with van der Waals surface area (Å²) in [6.45, 7) is 5.90.